The molecule has 5 aromatic carbocycles. The lowest BCUT2D eigenvalue weighted by atomic mass is 9.70. The van der Waals surface area contributed by atoms with Crippen LogP contribution in [0.4, 0.5) is 0 Å². The van der Waals surface area contributed by atoms with Gasteiger partial charge in [0.2, 0.25) is 0 Å². The number of hydrogen-bond donors (Lipinski definition) is 1. The number of benzene rings is 5. The van der Waals surface area contributed by atoms with Crippen LogP contribution in [0, 0.1) is 13.8 Å². The molecule has 0 amide bonds. The third kappa shape index (κ3) is 11.9. The molecule has 1 heterocycles. The zero-order valence-electron chi connectivity index (χ0n) is 42.2. The third-order valence-electron chi connectivity index (χ3n) is 15.8. The van der Waals surface area contributed by atoms with Crippen molar-refractivity contribution >= 4 is 32.9 Å². The van der Waals surface area contributed by atoms with Crippen LogP contribution in [-0.4, -0.2) is 28.2 Å². The molecule has 0 spiro atoms. The Morgan fingerprint density at radius 2 is 1.00 bits per heavy atom. The highest BCUT2D eigenvalue weighted by Gasteiger charge is 2.42. The van der Waals surface area contributed by atoms with Crippen molar-refractivity contribution in [2.45, 2.75) is 193 Å². The maximum absolute atomic E-state index is 11.4. The van der Waals surface area contributed by atoms with Crippen molar-refractivity contribution in [1.82, 2.24) is 8.75 Å². The summed E-state index contributed by atoms with van der Waals surface area (Å²) in [6, 6.07) is 33.8. The van der Waals surface area contributed by atoms with Gasteiger partial charge in [0.25, 0.3) is 10.1 Å². The number of rotatable bonds is 29. The van der Waals surface area contributed by atoms with Crippen molar-refractivity contribution in [3.8, 4) is 44.5 Å². The second kappa shape index (κ2) is 24.3. The minimum absolute atomic E-state index is 0.0429. The molecule has 0 fully saturated rings. The number of unbranched alkanes of at least 4 members (excludes halogenated alkanes) is 18. The SMILES string of the molecule is CCCCCCCCC1(CCCCCCCC)c2cc(C)ccc2-c2ccc(-c3ccc4c(c3)C(CCCCCCCCCCCS(=O)(=O)OO)c3cc(-c5ccc(C)c6nsnc56)ccc3-4)cc21. The predicted molar refractivity (Wildman–Crippen MR) is 291 cm³/mol. The quantitative estimate of drug-likeness (QED) is 0.0286. The summed E-state index contributed by atoms with van der Waals surface area (Å²) < 4.78 is 35.9. The van der Waals surface area contributed by atoms with Gasteiger partial charge in [-0.15, -0.1) is 4.33 Å². The van der Waals surface area contributed by atoms with Crippen LogP contribution in [0.25, 0.3) is 55.5 Å². The van der Waals surface area contributed by atoms with Crippen molar-refractivity contribution < 1.29 is 18.0 Å². The molecule has 1 N–H and O–H groups in total. The van der Waals surface area contributed by atoms with Crippen molar-refractivity contribution in [1.29, 1.82) is 0 Å². The number of fused-ring (bicyclic) bond motifs is 7. The molecule has 368 valence electrons. The average molecular weight is 967 g/mol. The molecule has 6 nitrogen and oxygen atoms in total. The Balaban J connectivity index is 1.07. The molecule has 1 atom stereocenters. The molecule has 0 saturated heterocycles. The van der Waals surface area contributed by atoms with Gasteiger partial charge < -0.3 is 0 Å². The lowest BCUT2D eigenvalue weighted by Crippen LogP contribution is -2.25. The van der Waals surface area contributed by atoms with E-state index in [4.69, 9.17) is 9.63 Å². The molecular formula is C61H78N2O4S2. The van der Waals surface area contributed by atoms with Crippen molar-refractivity contribution in [2.24, 2.45) is 0 Å². The van der Waals surface area contributed by atoms with Gasteiger partial charge in [-0.25, -0.2) is 5.26 Å². The lowest BCUT2D eigenvalue weighted by molar-refractivity contribution is -0.130. The normalized spacial score (nSPS) is 14.6. The Morgan fingerprint density at radius 3 is 1.62 bits per heavy atom. The van der Waals surface area contributed by atoms with Crippen LogP contribution >= 0.6 is 11.7 Å². The van der Waals surface area contributed by atoms with Gasteiger partial charge in [0.15, 0.2) is 0 Å². The van der Waals surface area contributed by atoms with Gasteiger partial charge in [0.1, 0.15) is 11.0 Å². The monoisotopic (exact) mass is 967 g/mol. The first-order valence-electron chi connectivity index (χ1n) is 27.0. The van der Waals surface area contributed by atoms with Crippen LogP contribution in [0.2, 0.25) is 0 Å². The Bertz CT molecular complexity index is 2740. The summed E-state index contributed by atoms with van der Waals surface area (Å²) in [5, 5.41) is 8.53. The van der Waals surface area contributed by atoms with E-state index in [0.717, 1.165) is 60.7 Å². The van der Waals surface area contributed by atoms with E-state index in [1.807, 2.05) is 0 Å². The van der Waals surface area contributed by atoms with Crippen LogP contribution in [0.1, 0.15) is 207 Å². The van der Waals surface area contributed by atoms with Crippen LogP contribution in [0.15, 0.2) is 84.9 Å². The second-order valence-electron chi connectivity index (χ2n) is 20.8. The minimum Gasteiger partial charge on any atom is -0.235 e. The summed E-state index contributed by atoms with van der Waals surface area (Å²) in [5.74, 6) is 0.183. The van der Waals surface area contributed by atoms with Gasteiger partial charge in [-0.05, 0) is 124 Å². The third-order valence-corrected chi connectivity index (χ3v) is 17.4. The van der Waals surface area contributed by atoms with E-state index < -0.39 is 10.1 Å². The van der Waals surface area contributed by atoms with Crippen molar-refractivity contribution in [3.63, 3.8) is 0 Å². The van der Waals surface area contributed by atoms with Gasteiger partial charge in [0, 0.05) is 16.9 Å². The molecule has 69 heavy (non-hydrogen) atoms. The van der Waals surface area contributed by atoms with Crippen LogP contribution in [0.5, 0.6) is 0 Å². The summed E-state index contributed by atoms with van der Waals surface area (Å²) in [7, 11) is -3.79. The first kappa shape index (κ1) is 51.2. The van der Waals surface area contributed by atoms with Gasteiger partial charge in [-0.3, -0.25) is 0 Å². The fourth-order valence-electron chi connectivity index (χ4n) is 12.0. The van der Waals surface area contributed by atoms with E-state index in [2.05, 4.69) is 121 Å². The summed E-state index contributed by atoms with van der Waals surface area (Å²) in [6.07, 6.45) is 28.8. The molecule has 0 saturated carbocycles. The van der Waals surface area contributed by atoms with Crippen LogP contribution in [0.3, 0.4) is 0 Å². The largest absolute Gasteiger partial charge is 0.293 e. The molecule has 2 aliphatic rings. The highest BCUT2D eigenvalue weighted by Crippen LogP contribution is 2.56. The minimum atomic E-state index is -3.79. The lowest BCUT2D eigenvalue weighted by Gasteiger charge is -2.33. The molecule has 0 bridgehead atoms. The van der Waals surface area contributed by atoms with Crippen molar-refractivity contribution in [3.05, 3.63) is 118 Å². The molecule has 2 aliphatic carbocycles. The predicted octanol–water partition coefficient (Wildman–Crippen LogP) is 18.2. The Morgan fingerprint density at radius 1 is 0.522 bits per heavy atom. The second-order valence-corrected chi connectivity index (χ2v) is 23.0. The van der Waals surface area contributed by atoms with Crippen molar-refractivity contribution in [2.75, 3.05) is 5.75 Å². The smallest absolute Gasteiger partial charge is 0.235 e. The molecule has 0 aliphatic heterocycles. The fourth-order valence-corrected chi connectivity index (χ4v) is 13.3. The Hall–Kier alpha value is -4.21. The maximum Gasteiger partial charge on any atom is 0.293 e. The van der Waals surface area contributed by atoms with E-state index in [9.17, 15) is 8.42 Å². The first-order valence-corrected chi connectivity index (χ1v) is 29.3. The average Bonchev–Trinajstić information content (AvgIpc) is 4.05. The van der Waals surface area contributed by atoms with Gasteiger partial charge >= 0.3 is 0 Å². The van der Waals surface area contributed by atoms with Crippen LogP contribution < -0.4 is 0 Å². The number of aryl methyl sites for hydroxylation is 2. The summed E-state index contributed by atoms with van der Waals surface area (Å²) in [5.41, 5.74) is 21.3. The Kier molecular flexibility index (Phi) is 18.0. The molecule has 6 aromatic rings. The zero-order chi connectivity index (χ0) is 48.2. The molecular weight excluding hydrogens is 889 g/mol. The number of aromatic nitrogens is 2. The highest BCUT2D eigenvalue weighted by atomic mass is 32.2. The number of nitrogens with zero attached hydrogens (tertiary/aromatic N) is 2. The van der Waals surface area contributed by atoms with E-state index in [1.165, 1.54) is 177 Å². The van der Waals surface area contributed by atoms with Gasteiger partial charge in [0.05, 0.1) is 17.5 Å². The maximum atomic E-state index is 11.4. The fraction of sp³-hybridized carbons (Fsp3) is 0.508. The molecule has 8 heteroatoms. The molecule has 8 rings (SSSR count). The van der Waals surface area contributed by atoms with Crippen LogP contribution in [-0.2, 0) is 19.9 Å². The molecule has 1 unspecified atom stereocenters. The topological polar surface area (TPSA) is 89.4 Å². The Labute approximate surface area is 419 Å². The summed E-state index contributed by atoms with van der Waals surface area (Å²) >= 11 is 1.30. The molecule has 1 aromatic heterocycles. The van der Waals surface area contributed by atoms with Gasteiger partial charge in [-0.1, -0.05) is 215 Å². The zero-order valence-corrected chi connectivity index (χ0v) is 43.9. The van der Waals surface area contributed by atoms with E-state index in [0.29, 0.717) is 12.3 Å². The summed E-state index contributed by atoms with van der Waals surface area (Å²) in [4.78, 5) is 0. The van der Waals surface area contributed by atoms with Gasteiger partial charge in [-0.2, -0.15) is 17.2 Å². The van der Waals surface area contributed by atoms with E-state index >= 15 is 0 Å². The van der Waals surface area contributed by atoms with E-state index in [-0.39, 0.29) is 11.2 Å². The molecule has 0 radical (unpaired) electrons. The highest BCUT2D eigenvalue weighted by molar-refractivity contribution is 7.86. The van der Waals surface area contributed by atoms with E-state index in [1.54, 1.807) is 11.1 Å². The number of hydrogen-bond acceptors (Lipinski definition) is 7. The standard InChI is InChI=1S/C61H78N2O4S2/c1-5-7-9-11-19-23-37-61(38-24-20-12-10-8-6-2)57-40-44(3)27-32-53(57)54-36-30-47(43-58(54)61)46-29-34-51-52-35-31-48(49-33-28-45(4)59-60(49)63-68-62-59)42-56(52)50(55(51)41-46)26-22-18-16-14-13-15-17-21-25-39-69(65,66)67-64/h27-36,40-43,50,64H,5-26,37-39H2,1-4H3. The first-order chi connectivity index (χ1) is 33.7. The summed E-state index contributed by atoms with van der Waals surface area (Å²) in [6.45, 7) is 9.04.